The number of fused-ring (bicyclic) bond motifs is 2. The Labute approximate surface area is 507 Å². The predicted octanol–water partition coefficient (Wildman–Crippen LogP) is 9.55. The van der Waals surface area contributed by atoms with E-state index in [4.69, 9.17) is 42.6 Å². The van der Waals surface area contributed by atoms with E-state index in [-0.39, 0.29) is 33.8 Å². The first kappa shape index (κ1) is 67.7. The van der Waals surface area contributed by atoms with E-state index in [2.05, 4.69) is 62.6 Å². The van der Waals surface area contributed by atoms with Crippen LogP contribution >= 0.6 is 0 Å². The molecule has 4 atom stereocenters. The van der Waals surface area contributed by atoms with Crippen molar-refractivity contribution in [3.63, 3.8) is 0 Å². The Bertz CT molecular complexity index is 3370. The molecule has 6 aromatic carbocycles. The molecule has 6 aromatic rings. The van der Waals surface area contributed by atoms with Crippen molar-refractivity contribution >= 4 is 32.2 Å². The largest absolute Gasteiger partial charge is 0.744 e. The van der Waals surface area contributed by atoms with Gasteiger partial charge in [0.15, 0.2) is 34.5 Å². The molecule has 0 radical (unpaired) electrons. The summed E-state index contributed by atoms with van der Waals surface area (Å²) in [5.41, 5.74) is 8.22. The highest BCUT2D eigenvalue weighted by Gasteiger charge is 2.42. The van der Waals surface area contributed by atoms with E-state index >= 15 is 0 Å². The zero-order chi connectivity index (χ0) is 62.7. The van der Waals surface area contributed by atoms with Crippen molar-refractivity contribution < 1.29 is 87.1 Å². The Hall–Kier alpha value is -7.40. The van der Waals surface area contributed by atoms with Gasteiger partial charge in [-0.15, -0.1) is 0 Å². The lowest BCUT2D eigenvalue weighted by atomic mass is 9.86. The molecule has 2 aliphatic heterocycles. The minimum atomic E-state index is -4.25. The third-order valence-corrected chi connectivity index (χ3v) is 17.8. The predicted molar refractivity (Wildman–Crippen MR) is 322 cm³/mol. The number of carbonyl (C=O) groups excluding carboxylic acids is 2. The Morgan fingerprint density at radius 3 is 1.20 bits per heavy atom. The first-order valence-corrected chi connectivity index (χ1v) is 31.2. The van der Waals surface area contributed by atoms with Crippen LogP contribution < -0.4 is 33.2 Å². The van der Waals surface area contributed by atoms with Crippen LogP contribution in [0.5, 0.6) is 40.2 Å². The van der Waals surface area contributed by atoms with E-state index in [1.807, 2.05) is 19.1 Å². The highest BCUT2D eigenvalue weighted by Crippen LogP contribution is 2.45. The van der Waals surface area contributed by atoms with Crippen LogP contribution in [0.25, 0.3) is 0 Å². The summed E-state index contributed by atoms with van der Waals surface area (Å²) in [4.78, 5) is 26.0. The number of benzene rings is 6. The fraction of sp³-hybridized carbons (Fsp3) is 0.415. The standard InChI is InChI=1S/C53H72N2O11.2C6H6O3S/c1-36-14-15-37(30-46(36)59-5)28-43-41-34-50(63-9)48(61-7)32-39(41)18-22-54(43,2)24-20-52(56)65-26-12-11-13-27-66-53(57)21-25-55(3)23-19-40-33-49(62-8)51(64-10)35-42(40)44(55)29-38-16-17-45(58-4)47(31-38)60-6;2*7-10(8,9)6-4-2-1-3-5-6/h14-17,30-35,43-44H,11-13,18-29H2,1-10H3;2*1-5H,(H,7,8,9)/q+2;;/p-2/t43-,44-,54-,55-;;/m1../s1. The van der Waals surface area contributed by atoms with Gasteiger partial charge in [0.25, 0.3) is 0 Å². The quantitative estimate of drug-likeness (QED) is 0.0225. The summed E-state index contributed by atoms with van der Waals surface area (Å²) in [6, 6.07) is 35.3. The topological polar surface area (TPSA) is 232 Å². The Kier molecular flexibility index (Phi) is 24.7. The van der Waals surface area contributed by atoms with Crippen LogP contribution in [-0.2, 0) is 65.0 Å². The van der Waals surface area contributed by atoms with Crippen molar-refractivity contribution in [2.75, 3.05) is 103 Å². The second kappa shape index (κ2) is 31.3. The molecule has 0 amide bonds. The van der Waals surface area contributed by atoms with Crippen LogP contribution in [0.4, 0.5) is 0 Å². The van der Waals surface area contributed by atoms with Crippen molar-refractivity contribution in [1.29, 1.82) is 0 Å². The zero-order valence-corrected chi connectivity index (χ0v) is 52.6. The molecule has 0 aromatic heterocycles. The fourth-order valence-corrected chi connectivity index (χ4v) is 12.0. The molecule has 0 unspecified atom stereocenters. The molecule has 0 aliphatic carbocycles. The molecule has 0 fully saturated rings. The molecule has 0 bridgehead atoms. The van der Waals surface area contributed by atoms with Crippen LogP contribution in [0, 0.1) is 6.92 Å². The van der Waals surface area contributed by atoms with E-state index in [1.54, 1.807) is 61.9 Å². The van der Waals surface area contributed by atoms with Crippen molar-refractivity contribution in [1.82, 2.24) is 0 Å². The SMILES string of the molecule is COc1cc(C[C@@H]2c3cc(OC)c(OC)cc3CC[N@+]2(C)CCC(=O)OCCCCCOC(=O)CC[N@@+]2(C)CCc3cc(OC)c(OC)cc3[C@H]2Cc2ccc(OC)c(OC)c2)ccc1C.O=S(=O)([O-])c1ccccc1.O=S(=O)([O-])c1ccccc1. The van der Waals surface area contributed by atoms with Gasteiger partial charge in [0.05, 0.1) is 126 Å². The molecular weight excluding hydrogens is 1140 g/mol. The number of rotatable bonds is 25. The van der Waals surface area contributed by atoms with Crippen LogP contribution in [0.3, 0.4) is 0 Å². The number of carbonyl (C=O) groups is 2. The monoisotopic (exact) mass is 1230 g/mol. The van der Waals surface area contributed by atoms with Gasteiger partial charge in [0.2, 0.25) is 0 Å². The molecule has 0 N–H and O–H groups in total. The molecule has 21 heteroatoms. The van der Waals surface area contributed by atoms with E-state index in [0.29, 0.717) is 89.7 Å². The number of nitrogens with zero attached hydrogens (tertiary/aromatic N) is 2. The van der Waals surface area contributed by atoms with Crippen LogP contribution in [0.2, 0.25) is 0 Å². The normalized spacial score (nSPS) is 17.8. The molecule has 8 rings (SSSR count). The summed E-state index contributed by atoms with van der Waals surface area (Å²) in [6.45, 7) is 5.69. The lowest BCUT2D eigenvalue weighted by molar-refractivity contribution is -0.940. The Morgan fingerprint density at radius 2 is 0.826 bits per heavy atom. The summed E-state index contributed by atoms with van der Waals surface area (Å²) in [6.07, 6.45) is 5.98. The molecule has 86 heavy (non-hydrogen) atoms. The number of aryl methyl sites for hydroxylation is 1. The maximum absolute atomic E-state index is 13.2. The summed E-state index contributed by atoms with van der Waals surface area (Å²) in [5, 5.41) is 0. The maximum Gasteiger partial charge on any atom is 0.311 e. The number of quaternary nitrogens is 2. The van der Waals surface area contributed by atoms with Crippen LogP contribution in [0.1, 0.15) is 83.1 Å². The van der Waals surface area contributed by atoms with E-state index in [1.165, 1.54) is 76.3 Å². The molecule has 19 nitrogen and oxygen atoms in total. The van der Waals surface area contributed by atoms with Gasteiger partial charge < -0.3 is 60.7 Å². The molecule has 466 valence electrons. The molecule has 0 spiro atoms. The lowest BCUT2D eigenvalue weighted by Gasteiger charge is -2.46. The molecule has 0 saturated heterocycles. The average Bonchev–Trinajstić information content (AvgIpc) is 0.841. The summed E-state index contributed by atoms with van der Waals surface area (Å²) < 4.78 is 114. The van der Waals surface area contributed by atoms with Gasteiger partial charge in [0, 0.05) is 36.8 Å². The van der Waals surface area contributed by atoms with Crippen molar-refractivity contribution in [3.05, 3.63) is 160 Å². The smallest absolute Gasteiger partial charge is 0.311 e. The number of esters is 2. The lowest BCUT2D eigenvalue weighted by Crippen LogP contribution is -2.53. The zero-order valence-electron chi connectivity index (χ0n) is 51.0. The van der Waals surface area contributed by atoms with Crippen molar-refractivity contribution in [2.45, 2.75) is 86.6 Å². The van der Waals surface area contributed by atoms with E-state index in [9.17, 15) is 35.5 Å². The average molecular weight is 1230 g/mol. The van der Waals surface area contributed by atoms with Gasteiger partial charge in [-0.3, -0.25) is 9.59 Å². The number of likely N-dealkylation sites (N-methyl/N-ethyl adjacent to an activating group) is 2. The van der Waals surface area contributed by atoms with Crippen molar-refractivity contribution in [2.24, 2.45) is 0 Å². The highest BCUT2D eigenvalue weighted by atomic mass is 32.2. The Morgan fingerprint density at radius 1 is 0.465 bits per heavy atom. The van der Waals surface area contributed by atoms with Crippen LogP contribution in [0.15, 0.2) is 131 Å². The summed E-state index contributed by atoms with van der Waals surface area (Å²) >= 11 is 0. The van der Waals surface area contributed by atoms with E-state index in [0.717, 1.165) is 67.8 Å². The highest BCUT2D eigenvalue weighted by molar-refractivity contribution is 7.86. The second-order valence-electron chi connectivity index (χ2n) is 21.6. The third kappa shape index (κ3) is 18.3. The third-order valence-electron chi connectivity index (χ3n) is 16.1. The van der Waals surface area contributed by atoms with Gasteiger partial charge in [-0.25, -0.2) is 16.8 Å². The van der Waals surface area contributed by atoms with Gasteiger partial charge in [-0.05, 0) is 121 Å². The molecule has 2 heterocycles. The first-order valence-electron chi connectivity index (χ1n) is 28.4. The molecule has 2 aliphatic rings. The van der Waals surface area contributed by atoms with Gasteiger partial charge >= 0.3 is 11.9 Å². The number of hydrogen-bond donors (Lipinski definition) is 0. The molecule has 0 saturated carbocycles. The minimum absolute atomic E-state index is 0.0433. The summed E-state index contributed by atoms with van der Waals surface area (Å²) in [5.74, 6) is 4.63. The number of hydrogen-bond acceptors (Lipinski definition) is 17. The Balaban J connectivity index is 0.000000496. The number of unbranched alkanes of at least 4 members (excludes halogenated alkanes) is 2. The van der Waals surface area contributed by atoms with E-state index < -0.39 is 20.2 Å². The first-order chi connectivity index (χ1) is 41.0. The van der Waals surface area contributed by atoms with Gasteiger partial charge in [0.1, 0.15) is 38.1 Å². The minimum Gasteiger partial charge on any atom is -0.744 e. The van der Waals surface area contributed by atoms with Gasteiger partial charge in [-0.1, -0.05) is 54.6 Å². The number of ether oxygens (including phenoxy) is 9. The van der Waals surface area contributed by atoms with Crippen LogP contribution in [-0.4, -0.2) is 150 Å². The second-order valence-corrected chi connectivity index (χ2v) is 24.4. The summed E-state index contributed by atoms with van der Waals surface area (Å²) in [7, 11) is 7.58. The maximum atomic E-state index is 13.2. The van der Waals surface area contributed by atoms with Gasteiger partial charge in [-0.2, -0.15) is 0 Å². The fourth-order valence-electron chi connectivity index (χ4n) is 11.1. The molecular formula is C65H82N2O17S2. The van der Waals surface area contributed by atoms with Crippen molar-refractivity contribution in [3.8, 4) is 40.2 Å². The number of methoxy groups -OCH3 is 7.